The SMILES string of the molecule is Cc1cccc(NC(=O)c2cc(-c3c(C)cc(C)cc3C)n(C)n2)c1. The van der Waals surface area contributed by atoms with E-state index in [1.165, 1.54) is 16.7 Å². The third kappa shape index (κ3) is 3.48. The average Bonchev–Trinajstić information content (AvgIpc) is 2.88. The molecule has 0 atom stereocenters. The van der Waals surface area contributed by atoms with Gasteiger partial charge in [-0.05, 0) is 62.6 Å². The summed E-state index contributed by atoms with van der Waals surface area (Å²) in [5.74, 6) is -0.199. The molecule has 3 aromatic rings. The van der Waals surface area contributed by atoms with E-state index in [9.17, 15) is 4.79 Å². The van der Waals surface area contributed by atoms with Crippen LogP contribution in [0.15, 0.2) is 42.5 Å². The Labute approximate surface area is 148 Å². The molecule has 0 aliphatic carbocycles. The molecule has 2 aromatic carbocycles. The minimum atomic E-state index is -0.199. The van der Waals surface area contributed by atoms with Crippen LogP contribution in [0.3, 0.4) is 0 Å². The fourth-order valence-electron chi connectivity index (χ4n) is 3.31. The molecule has 3 rings (SSSR count). The number of benzene rings is 2. The number of amides is 1. The van der Waals surface area contributed by atoms with E-state index in [2.05, 4.69) is 43.3 Å². The van der Waals surface area contributed by atoms with Crippen molar-refractivity contribution in [1.82, 2.24) is 9.78 Å². The maximum Gasteiger partial charge on any atom is 0.276 e. The molecule has 0 aliphatic rings. The zero-order valence-electron chi connectivity index (χ0n) is 15.3. The van der Waals surface area contributed by atoms with Gasteiger partial charge in [-0.3, -0.25) is 9.48 Å². The summed E-state index contributed by atoms with van der Waals surface area (Å²) in [6, 6.07) is 13.9. The fraction of sp³-hybridized carbons (Fsp3) is 0.238. The van der Waals surface area contributed by atoms with E-state index in [4.69, 9.17) is 0 Å². The summed E-state index contributed by atoms with van der Waals surface area (Å²) in [5, 5.41) is 7.33. The Kier molecular flexibility index (Phi) is 4.45. The van der Waals surface area contributed by atoms with E-state index >= 15 is 0 Å². The number of carbonyl (C=O) groups excluding carboxylic acids is 1. The smallest absolute Gasteiger partial charge is 0.276 e. The molecule has 1 N–H and O–H groups in total. The average molecular weight is 333 g/mol. The highest BCUT2D eigenvalue weighted by Crippen LogP contribution is 2.28. The lowest BCUT2D eigenvalue weighted by molar-refractivity contribution is 0.102. The van der Waals surface area contributed by atoms with Crippen LogP contribution in [-0.2, 0) is 7.05 Å². The first kappa shape index (κ1) is 17.0. The van der Waals surface area contributed by atoms with E-state index in [1.807, 2.05) is 44.3 Å². The van der Waals surface area contributed by atoms with Gasteiger partial charge < -0.3 is 5.32 Å². The van der Waals surface area contributed by atoms with Gasteiger partial charge in [0.25, 0.3) is 5.91 Å². The summed E-state index contributed by atoms with van der Waals surface area (Å²) in [5.41, 5.74) is 7.99. The molecule has 25 heavy (non-hydrogen) atoms. The molecule has 1 aromatic heterocycles. The van der Waals surface area contributed by atoms with Crippen molar-refractivity contribution in [2.45, 2.75) is 27.7 Å². The van der Waals surface area contributed by atoms with Crippen LogP contribution in [0.25, 0.3) is 11.3 Å². The molecule has 4 heteroatoms. The lowest BCUT2D eigenvalue weighted by Crippen LogP contribution is -2.13. The van der Waals surface area contributed by atoms with Crippen LogP contribution < -0.4 is 5.32 Å². The predicted octanol–water partition coefficient (Wildman–Crippen LogP) is 4.57. The maximum absolute atomic E-state index is 12.6. The van der Waals surface area contributed by atoms with Crippen LogP contribution in [0.4, 0.5) is 5.69 Å². The van der Waals surface area contributed by atoms with E-state index in [-0.39, 0.29) is 5.91 Å². The minimum Gasteiger partial charge on any atom is -0.321 e. The first-order chi connectivity index (χ1) is 11.8. The quantitative estimate of drug-likeness (QED) is 0.763. The monoisotopic (exact) mass is 333 g/mol. The number of nitrogens with zero attached hydrogens (tertiary/aromatic N) is 2. The number of rotatable bonds is 3. The zero-order chi connectivity index (χ0) is 18.1. The van der Waals surface area contributed by atoms with Crippen LogP contribution in [-0.4, -0.2) is 15.7 Å². The topological polar surface area (TPSA) is 46.9 Å². The van der Waals surface area contributed by atoms with Gasteiger partial charge in [-0.1, -0.05) is 29.8 Å². The van der Waals surface area contributed by atoms with Crippen molar-refractivity contribution >= 4 is 11.6 Å². The predicted molar refractivity (Wildman–Crippen MR) is 102 cm³/mol. The van der Waals surface area contributed by atoms with Gasteiger partial charge in [0.2, 0.25) is 0 Å². The standard InChI is InChI=1S/C21H23N3O/c1-13-7-6-8-17(11-13)22-21(25)18-12-19(24(5)23-18)20-15(3)9-14(2)10-16(20)4/h6-12H,1-5H3,(H,22,25). The molecular weight excluding hydrogens is 310 g/mol. The van der Waals surface area contributed by atoms with Crippen LogP contribution in [0.2, 0.25) is 0 Å². The highest BCUT2D eigenvalue weighted by Gasteiger charge is 2.17. The molecule has 4 nitrogen and oxygen atoms in total. The molecule has 0 radical (unpaired) electrons. The van der Waals surface area contributed by atoms with E-state index in [1.54, 1.807) is 4.68 Å². The van der Waals surface area contributed by atoms with Gasteiger partial charge in [-0.25, -0.2) is 0 Å². The highest BCUT2D eigenvalue weighted by molar-refractivity contribution is 6.03. The first-order valence-electron chi connectivity index (χ1n) is 8.35. The lowest BCUT2D eigenvalue weighted by Gasteiger charge is -2.11. The van der Waals surface area contributed by atoms with Crippen molar-refractivity contribution in [2.75, 3.05) is 5.32 Å². The van der Waals surface area contributed by atoms with Crippen LogP contribution >= 0.6 is 0 Å². The second-order valence-electron chi connectivity index (χ2n) is 6.64. The Bertz CT molecular complexity index is 931. The Balaban J connectivity index is 1.94. The largest absolute Gasteiger partial charge is 0.321 e. The maximum atomic E-state index is 12.6. The fourth-order valence-corrected chi connectivity index (χ4v) is 3.31. The number of hydrogen-bond acceptors (Lipinski definition) is 2. The molecule has 0 saturated heterocycles. The summed E-state index contributed by atoms with van der Waals surface area (Å²) >= 11 is 0. The number of nitrogens with one attached hydrogen (secondary N) is 1. The summed E-state index contributed by atoms with van der Waals surface area (Å²) in [6.45, 7) is 8.27. The molecule has 0 aliphatic heterocycles. The third-order valence-corrected chi connectivity index (χ3v) is 4.32. The summed E-state index contributed by atoms with van der Waals surface area (Å²) in [7, 11) is 1.87. The van der Waals surface area contributed by atoms with Gasteiger partial charge in [0.15, 0.2) is 5.69 Å². The van der Waals surface area contributed by atoms with Crippen molar-refractivity contribution in [3.05, 3.63) is 70.4 Å². The number of aryl methyl sites for hydroxylation is 5. The molecule has 0 saturated carbocycles. The van der Waals surface area contributed by atoms with Gasteiger partial charge in [-0.15, -0.1) is 0 Å². The van der Waals surface area contributed by atoms with Crippen LogP contribution in [0, 0.1) is 27.7 Å². The normalized spacial score (nSPS) is 10.8. The first-order valence-corrected chi connectivity index (χ1v) is 8.35. The molecule has 0 spiro atoms. The number of aromatic nitrogens is 2. The van der Waals surface area contributed by atoms with E-state index in [0.29, 0.717) is 5.69 Å². The molecule has 0 bridgehead atoms. The van der Waals surface area contributed by atoms with Gasteiger partial charge in [0.1, 0.15) is 0 Å². The highest BCUT2D eigenvalue weighted by atomic mass is 16.1. The van der Waals surface area contributed by atoms with Crippen molar-refractivity contribution < 1.29 is 4.79 Å². The third-order valence-electron chi connectivity index (χ3n) is 4.32. The summed E-state index contributed by atoms with van der Waals surface area (Å²) in [4.78, 5) is 12.6. The Morgan fingerprint density at radius 1 is 0.960 bits per heavy atom. The van der Waals surface area contributed by atoms with Crippen LogP contribution in [0.5, 0.6) is 0 Å². The number of hydrogen-bond donors (Lipinski definition) is 1. The van der Waals surface area contributed by atoms with Crippen LogP contribution in [0.1, 0.15) is 32.7 Å². The Morgan fingerprint density at radius 2 is 1.64 bits per heavy atom. The Morgan fingerprint density at radius 3 is 2.28 bits per heavy atom. The van der Waals surface area contributed by atoms with E-state index in [0.717, 1.165) is 22.5 Å². The molecule has 1 amide bonds. The molecule has 1 heterocycles. The van der Waals surface area contributed by atoms with E-state index < -0.39 is 0 Å². The van der Waals surface area contributed by atoms with Gasteiger partial charge >= 0.3 is 0 Å². The second-order valence-corrected chi connectivity index (χ2v) is 6.64. The minimum absolute atomic E-state index is 0.199. The van der Waals surface area contributed by atoms with Crippen molar-refractivity contribution in [3.63, 3.8) is 0 Å². The zero-order valence-corrected chi connectivity index (χ0v) is 15.3. The Hall–Kier alpha value is -2.88. The molecule has 0 unspecified atom stereocenters. The van der Waals surface area contributed by atoms with Gasteiger partial charge in [-0.2, -0.15) is 5.10 Å². The number of anilines is 1. The molecule has 0 fully saturated rings. The van der Waals surface area contributed by atoms with Crippen molar-refractivity contribution in [3.8, 4) is 11.3 Å². The molecule has 128 valence electrons. The van der Waals surface area contributed by atoms with Crippen molar-refractivity contribution in [2.24, 2.45) is 7.05 Å². The lowest BCUT2D eigenvalue weighted by atomic mass is 9.97. The van der Waals surface area contributed by atoms with Gasteiger partial charge in [0.05, 0.1) is 5.69 Å². The molecular formula is C21H23N3O. The summed E-state index contributed by atoms with van der Waals surface area (Å²) in [6.07, 6.45) is 0. The van der Waals surface area contributed by atoms with Crippen molar-refractivity contribution in [1.29, 1.82) is 0 Å². The number of carbonyl (C=O) groups is 1. The second kappa shape index (κ2) is 6.55. The van der Waals surface area contributed by atoms with Gasteiger partial charge in [0, 0.05) is 18.3 Å². The summed E-state index contributed by atoms with van der Waals surface area (Å²) < 4.78 is 1.77.